The van der Waals surface area contributed by atoms with Crippen LogP contribution in [0.5, 0.6) is 0 Å². The molecular formula is C25H16N2O2. The first-order valence-corrected chi connectivity index (χ1v) is 9.33. The lowest BCUT2D eigenvalue weighted by Gasteiger charge is -2.15. The summed E-state index contributed by atoms with van der Waals surface area (Å²) in [6.07, 6.45) is 5.48. The van der Waals surface area contributed by atoms with Crippen LogP contribution in [0.3, 0.4) is 0 Å². The lowest BCUT2D eigenvalue weighted by atomic mass is 10.0. The van der Waals surface area contributed by atoms with Crippen molar-refractivity contribution in [3.63, 3.8) is 0 Å². The summed E-state index contributed by atoms with van der Waals surface area (Å²) >= 11 is 0. The molecule has 0 unspecified atom stereocenters. The van der Waals surface area contributed by atoms with Crippen LogP contribution in [0.25, 0.3) is 23.1 Å². The summed E-state index contributed by atoms with van der Waals surface area (Å²) in [7, 11) is 0. The van der Waals surface area contributed by atoms with Crippen LogP contribution in [0.15, 0.2) is 85.1 Å². The van der Waals surface area contributed by atoms with E-state index >= 15 is 0 Å². The number of imide groups is 1. The Hall–Kier alpha value is -4.05. The summed E-state index contributed by atoms with van der Waals surface area (Å²) in [5.41, 5.74) is 3.73. The van der Waals surface area contributed by atoms with Gasteiger partial charge < -0.3 is 0 Å². The van der Waals surface area contributed by atoms with Gasteiger partial charge in [0, 0.05) is 11.6 Å². The van der Waals surface area contributed by atoms with E-state index in [0.29, 0.717) is 22.3 Å². The molecule has 2 heterocycles. The quantitative estimate of drug-likeness (QED) is 0.364. The predicted molar refractivity (Wildman–Crippen MR) is 115 cm³/mol. The van der Waals surface area contributed by atoms with E-state index in [1.807, 2.05) is 72.8 Å². The molecule has 0 aliphatic carbocycles. The fourth-order valence-corrected chi connectivity index (χ4v) is 3.69. The van der Waals surface area contributed by atoms with E-state index in [9.17, 15) is 9.59 Å². The zero-order valence-corrected chi connectivity index (χ0v) is 15.4. The molecule has 1 aliphatic rings. The topological polar surface area (TPSA) is 50.3 Å². The van der Waals surface area contributed by atoms with Gasteiger partial charge in [0.2, 0.25) is 0 Å². The number of rotatable bonds is 3. The second kappa shape index (κ2) is 6.84. The lowest BCUT2D eigenvalue weighted by Crippen LogP contribution is -2.29. The molecule has 29 heavy (non-hydrogen) atoms. The minimum Gasteiger partial charge on any atom is -0.268 e. The normalized spacial score (nSPS) is 13.4. The Morgan fingerprint density at radius 2 is 1.52 bits per heavy atom. The average Bonchev–Trinajstić information content (AvgIpc) is 3.03. The molecule has 0 N–H and O–H groups in total. The smallest absolute Gasteiger partial charge is 0.266 e. The van der Waals surface area contributed by atoms with Gasteiger partial charge in [0.05, 0.1) is 22.3 Å². The van der Waals surface area contributed by atoms with E-state index in [0.717, 1.165) is 16.5 Å². The number of pyridine rings is 1. The Morgan fingerprint density at radius 1 is 0.724 bits per heavy atom. The highest BCUT2D eigenvalue weighted by atomic mass is 16.2. The maximum absolute atomic E-state index is 13.3. The maximum Gasteiger partial charge on any atom is 0.266 e. The van der Waals surface area contributed by atoms with Crippen molar-refractivity contribution < 1.29 is 9.59 Å². The van der Waals surface area contributed by atoms with Gasteiger partial charge in [-0.05, 0) is 29.3 Å². The second-order valence-corrected chi connectivity index (χ2v) is 6.81. The second-order valence-electron chi connectivity index (χ2n) is 6.81. The molecular weight excluding hydrogens is 360 g/mol. The number of amides is 2. The number of anilines is 1. The number of hydrogen-bond donors (Lipinski definition) is 0. The van der Waals surface area contributed by atoms with Crippen molar-refractivity contribution in [2.75, 3.05) is 4.90 Å². The highest BCUT2D eigenvalue weighted by molar-refractivity contribution is 6.36. The Labute approximate surface area is 167 Å². The molecule has 1 aliphatic heterocycles. The van der Waals surface area contributed by atoms with Crippen molar-refractivity contribution >= 4 is 40.6 Å². The third-order valence-corrected chi connectivity index (χ3v) is 5.05. The molecule has 4 nitrogen and oxygen atoms in total. The molecule has 0 saturated heterocycles. The third-order valence-electron chi connectivity index (χ3n) is 5.05. The maximum atomic E-state index is 13.3. The Kier molecular flexibility index (Phi) is 4.03. The molecule has 0 saturated carbocycles. The Bertz CT molecular complexity index is 1290. The van der Waals surface area contributed by atoms with E-state index in [2.05, 4.69) is 4.98 Å². The number of nitrogens with zero attached hydrogens (tertiary/aromatic N) is 2. The zero-order valence-electron chi connectivity index (χ0n) is 15.4. The van der Waals surface area contributed by atoms with Gasteiger partial charge >= 0.3 is 0 Å². The standard InChI is InChI=1S/C25H16N2O2/c28-24-20-12-4-9-18(15-14-17-7-2-1-3-8-17)22(20)25(29)27(24)21-13-5-10-19-11-6-16-26-23(19)21/h1-16H/b15-14+. The summed E-state index contributed by atoms with van der Waals surface area (Å²) in [5.74, 6) is -0.644. The van der Waals surface area contributed by atoms with Crippen molar-refractivity contribution in [3.05, 3.63) is 107 Å². The molecule has 4 aromatic rings. The van der Waals surface area contributed by atoms with E-state index in [-0.39, 0.29) is 11.8 Å². The molecule has 2 amide bonds. The van der Waals surface area contributed by atoms with E-state index < -0.39 is 0 Å². The number of fused-ring (bicyclic) bond motifs is 2. The largest absolute Gasteiger partial charge is 0.268 e. The molecule has 4 heteroatoms. The van der Waals surface area contributed by atoms with E-state index in [1.165, 1.54) is 4.90 Å². The summed E-state index contributed by atoms with van der Waals surface area (Å²) in [6, 6.07) is 24.5. The number of aromatic nitrogens is 1. The van der Waals surface area contributed by atoms with Crippen LogP contribution >= 0.6 is 0 Å². The van der Waals surface area contributed by atoms with E-state index in [1.54, 1.807) is 24.4 Å². The molecule has 0 bridgehead atoms. The van der Waals surface area contributed by atoms with Crippen LogP contribution in [0, 0.1) is 0 Å². The lowest BCUT2D eigenvalue weighted by molar-refractivity contribution is 0.0926. The first-order valence-electron chi connectivity index (χ1n) is 9.33. The van der Waals surface area contributed by atoms with Gasteiger partial charge in [0.1, 0.15) is 0 Å². The predicted octanol–water partition coefficient (Wildman–Crippen LogP) is 5.21. The number of carbonyl (C=O) groups is 2. The first-order chi connectivity index (χ1) is 14.2. The van der Waals surface area contributed by atoms with Crippen LogP contribution in [0.4, 0.5) is 5.69 Å². The molecule has 3 aromatic carbocycles. The van der Waals surface area contributed by atoms with Crippen LogP contribution in [0.1, 0.15) is 31.8 Å². The molecule has 138 valence electrons. The van der Waals surface area contributed by atoms with Crippen LogP contribution < -0.4 is 4.90 Å². The average molecular weight is 376 g/mol. The number of benzene rings is 3. The Balaban J connectivity index is 1.61. The fourth-order valence-electron chi connectivity index (χ4n) is 3.69. The van der Waals surface area contributed by atoms with Crippen LogP contribution in [0.2, 0.25) is 0 Å². The summed E-state index contributed by atoms with van der Waals surface area (Å²) in [6.45, 7) is 0. The van der Waals surface area contributed by atoms with Crippen molar-refractivity contribution in [2.24, 2.45) is 0 Å². The molecule has 0 atom stereocenters. The monoisotopic (exact) mass is 376 g/mol. The van der Waals surface area contributed by atoms with Gasteiger partial charge in [-0.25, -0.2) is 4.90 Å². The number of carbonyl (C=O) groups excluding carboxylic acids is 2. The summed E-state index contributed by atoms with van der Waals surface area (Å²) < 4.78 is 0. The van der Waals surface area contributed by atoms with Gasteiger partial charge in [-0.1, -0.05) is 72.8 Å². The minimum absolute atomic E-state index is 0.321. The van der Waals surface area contributed by atoms with Gasteiger partial charge in [-0.15, -0.1) is 0 Å². The minimum atomic E-state index is -0.323. The van der Waals surface area contributed by atoms with Gasteiger partial charge in [0.25, 0.3) is 11.8 Å². The molecule has 0 radical (unpaired) electrons. The van der Waals surface area contributed by atoms with Crippen LogP contribution in [-0.2, 0) is 0 Å². The highest BCUT2D eigenvalue weighted by Crippen LogP contribution is 2.34. The molecule has 0 spiro atoms. The molecule has 1 aromatic heterocycles. The molecule has 5 rings (SSSR count). The van der Waals surface area contributed by atoms with Crippen LogP contribution in [-0.4, -0.2) is 16.8 Å². The van der Waals surface area contributed by atoms with Gasteiger partial charge in [0.15, 0.2) is 0 Å². The van der Waals surface area contributed by atoms with Crippen molar-refractivity contribution in [1.82, 2.24) is 4.98 Å². The van der Waals surface area contributed by atoms with Crippen molar-refractivity contribution in [2.45, 2.75) is 0 Å². The number of hydrogen-bond acceptors (Lipinski definition) is 3. The summed E-state index contributed by atoms with van der Waals surface area (Å²) in [4.78, 5) is 32.1. The highest BCUT2D eigenvalue weighted by Gasteiger charge is 2.38. The zero-order chi connectivity index (χ0) is 19.8. The SMILES string of the molecule is O=C1c2cccc(/C=C/c3ccccc3)c2C(=O)N1c1cccc2cccnc12. The third kappa shape index (κ3) is 2.82. The first kappa shape index (κ1) is 17.1. The van der Waals surface area contributed by atoms with Gasteiger partial charge in [-0.2, -0.15) is 0 Å². The Morgan fingerprint density at radius 3 is 2.38 bits per heavy atom. The fraction of sp³-hybridized carbons (Fsp3) is 0. The van der Waals surface area contributed by atoms with E-state index in [4.69, 9.17) is 0 Å². The van der Waals surface area contributed by atoms with Gasteiger partial charge in [-0.3, -0.25) is 14.6 Å². The number of para-hydroxylation sites is 1. The summed E-state index contributed by atoms with van der Waals surface area (Å²) in [5, 5.41) is 0.880. The van der Waals surface area contributed by atoms with Crippen molar-refractivity contribution in [3.8, 4) is 0 Å². The van der Waals surface area contributed by atoms with Crippen molar-refractivity contribution in [1.29, 1.82) is 0 Å². The molecule has 0 fully saturated rings.